The van der Waals surface area contributed by atoms with Gasteiger partial charge in [0, 0.05) is 6.42 Å². The van der Waals surface area contributed by atoms with Crippen molar-refractivity contribution in [1.82, 2.24) is 0 Å². The molecular formula is C7H12N2O2. The largest absolute Gasteiger partial charge is 0.481 e. The fourth-order valence-electron chi connectivity index (χ4n) is 0.675. The third kappa shape index (κ3) is 5.40. The number of carbonyl (C=O) groups is 1. The van der Waals surface area contributed by atoms with E-state index in [2.05, 4.69) is 5.92 Å². The van der Waals surface area contributed by atoms with Crippen LogP contribution in [0.4, 0.5) is 0 Å². The topological polar surface area (TPSA) is 89.3 Å². The van der Waals surface area contributed by atoms with Crippen molar-refractivity contribution in [1.29, 1.82) is 0 Å². The molecule has 0 rings (SSSR count). The van der Waals surface area contributed by atoms with Gasteiger partial charge in [0.25, 0.3) is 0 Å². The second-order valence-electron chi connectivity index (χ2n) is 2.51. The Bertz CT molecular complexity index is 181. The lowest BCUT2D eigenvalue weighted by atomic mass is 10.0. The van der Waals surface area contributed by atoms with Gasteiger partial charge in [-0.2, -0.15) is 0 Å². The van der Waals surface area contributed by atoms with E-state index < -0.39 is 11.6 Å². The molecular weight excluding hydrogens is 144 g/mol. The van der Waals surface area contributed by atoms with Crippen molar-refractivity contribution in [2.45, 2.75) is 24.9 Å². The van der Waals surface area contributed by atoms with Gasteiger partial charge >= 0.3 is 5.97 Å². The molecule has 0 aromatic rings. The molecule has 0 saturated heterocycles. The van der Waals surface area contributed by atoms with Crippen LogP contribution in [0, 0.1) is 12.3 Å². The molecule has 11 heavy (non-hydrogen) atoms. The van der Waals surface area contributed by atoms with Crippen LogP contribution in [-0.2, 0) is 4.79 Å². The van der Waals surface area contributed by atoms with Crippen molar-refractivity contribution in [3.05, 3.63) is 0 Å². The molecule has 0 unspecified atom stereocenters. The first-order valence-corrected chi connectivity index (χ1v) is 3.21. The molecule has 0 fully saturated rings. The van der Waals surface area contributed by atoms with Gasteiger partial charge in [-0.1, -0.05) is 0 Å². The van der Waals surface area contributed by atoms with E-state index in [1.54, 1.807) is 0 Å². The van der Waals surface area contributed by atoms with Gasteiger partial charge in [0.05, 0.1) is 12.1 Å². The predicted molar refractivity (Wildman–Crippen MR) is 41.4 cm³/mol. The number of nitrogens with two attached hydrogens (primary N) is 2. The van der Waals surface area contributed by atoms with Gasteiger partial charge in [-0.05, 0) is 6.42 Å². The average molecular weight is 156 g/mol. The Kier molecular flexibility index (Phi) is 3.58. The summed E-state index contributed by atoms with van der Waals surface area (Å²) >= 11 is 0. The lowest BCUT2D eigenvalue weighted by Crippen LogP contribution is -2.50. The minimum Gasteiger partial charge on any atom is -0.481 e. The first-order chi connectivity index (χ1) is 4.98. The summed E-state index contributed by atoms with van der Waals surface area (Å²) < 4.78 is 0. The third-order valence-corrected chi connectivity index (χ3v) is 1.22. The van der Waals surface area contributed by atoms with E-state index in [4.69, 9.17) is 23.0 Å². The van der Waals surface area contributed by atoms with E-state index in [-0.39, 0.29) is 6.42 Å². The third-order valence-electron chi connectivity index (χ3n) is 1.22. The predicted octanol–water partition coefficient (Wildman–Crippen LogP) is -0.512. The average Bonchev–Trinajstić information content (AvgIpc) is 1.81. The summed E-state index contributed by atoms with van der Waals surface area (Å²) in [6.07, 6.45) is 5.43. The van der Waals surface area contributed by atoms with Gasteiger partial charge in [0.2, 0.25) is 0 Å². The smallest absolute Gasteiger partial charge is 0.306 e. The summed E-state index contributed by atoms with van der Waals surface area (Å²) in [5.41, 5.74) is 9.64. The molecule has 0 amide bonds. The number of hydrogen-bond acceptors (Lipinski definition) is 3. The normalized spacial score (nSPS) is 10.6. The molecule has 4 heteroatoms. The first-order valence-electron chi connectivity index (χ1n) is 3.21. The maximum absolute atomic E-state index is 10.2. The van der Waals surface area contributed by atoms with Crippen LogP contribution in [0.1, 0.15) is 19.3 Å². The van der Waals surface area contributed by atoms with Crippen LogP contribution in [0.5, 0.6) is 0 Å². The zero-order valence-electron chi connectivity index (χ0n) is 6.21. The first kappa shape index (κ1) is 9.95. The van der Waals surface area contributed by atoms with Crippen LogP contribution in [0.25, 0.3) is 0 Å². The number of rotatable bonds is 4. The molecule has 0 heterocycles. The summed E-state index contributed by atoms with van der Waals surface area (Å²) in [6, 6.07) is 0. The second-order valence-corrected chi connectivity index (χ2v) is 2.51. The number of terminal acetylenes is 1. The van der Waals surface area contributed by atoms with Gasteiger partial charge < -0.3 is 16.6 Å². The van der Waals surface area contributed by atoms with Gasteiger partial charge in [0.1, 0.15) is 0 Å². The molecule has 0 aromatic heterocycles. The van der Waals surface area contributed by atoms with Crippen LogP contribution < -0.4 is 11.5 Å². The number of hydrogen-bond donors (Lipinski definition) is 3. The molecule has 5 N–H and O–H groups in total. The molecule has 0 saturated carbocycles. The fraction of sp³-hybridized carbons (Fsp3) is 0.571. The van der Waals surface area contributed by atoms with E-state index in [1.807, 2.05) is 0 Å². The summed E-state index contributed by atoms with van der Waals surface area (Å²) in [5.74, 6) is 1.34. The minimum absolute atomic E-state index is 0.255. The van der Waals surface area contributed by atoms with Crippen molar-refractivity contribution in [3.63, 3.8) is 0 Å². The summed E-state index contributed by atoms with van der Waals surface area (Å²) in [5, 5.41) is 8.34. The maximum Gasteiger partial charge on any atom is 0.306 e. The van der Waals surface area contributed by atoms with Crippen molar-refractivity contribution in [2.24, 2.45) is 11.5 Å². The van der Waals surface area contributed by atoms with Crippen molar-refractivity contribution >= 4 is 5.97 Å². The Labute approximate surface area is 65.6 Å². The molecule has 0 atom stereocenters. The molecule has 62 valence electrons. The molecule has 0 aliphatic carbocycles. The number of aliphatic carboxylic acids is 1. The zero-order valence-corrected chi connectivity index (χ0v) is 6.21. The van der Waals surface area contributed by atoms with Crippen LogP contribution in [0.3, 0.4) is 0 Å². The molecule has 0 radical (unpaired) electrons. The highest BCUT2D eigenvalue weighted by atomic mass is 16.4. The molecule has 0 aliphatic heterocycles. The summed E-state index contributed by atoms with van der Waals surface area (Å²) in [7, 11) is 0. The van der Waals surface area contributed by atoms with Crippen molar-refractivity contribution in [2.75, 3.05) is 0 Å². The molecule has 0 spiro atoms. The van der Waals surface area contributed by atoms with Crippen molar-refractivity contribution < 1.29 is 9.90 Å². The molecule has 0 bridgehead atoms. The van der Waals surface area contributed by atoms with Gasteiger partial charge in [0.15, 0.2) is 0 Å². The van der Waals surface area contributed by atoms with Gasteiger partial charge in [-0.25, -0.2) is 0 Å². The minimum atomic E-state index is -1.17. The second kappa shape index (κ2) is 3.96. The van der Waals surface area contributed by atoms with Gasteiger partial charge in [-0.15, -0.1) is 12.3 Å². The van der Waals surface area contributed by atoms with Crippen LogP contribution >= 0.6 is 0 Å². The number of carboxylic acid groups (broad SMARTS) is 1. The zero-order chi connectivity index (χ0) is 8.91. The standard InChI is InChI=1S/C7H12N2O2/c1-2-3-4-7(8,9)5-6(10)11/h1H,3-5,8-9H2,(H,10,11). The molecule has 0 aromatic carbocycles. The maximum atomic E-state index is 10.2. The van der Waals surface area contributed by atoms with Crippen LogP contribution in [0.15, 0.2) is 0 Å². The Balaban J connectivity index is 3.81. The fourth-order valence-corrected chi connectivity index (χ4v) is 0.675. The Hall–Kier alpha value is -1.05. The number of carboxylic acids is 1. The SMILES string of the molecule is C#CCCC(N)(N)CC(=O)O. The summed E-state index contributed by atoms with van der Waals surface area (Å²) in [4.78, 5) is 10.2. The van der Waals surface area contributed by atoms with Gasteiger partial charge in [-0.3, -0.25) is 4.79 Å². The highest BCUT2D eigenvalue weighted by Crippen LogP contribution is 2.06. The highest BCUT2D eigenvalue weighted by molar-refractivity contribution is 5.68. The van der Waals surface area contributed by atoms with Crippen LogP contribution in [-0.4, -0.2) is 16.7 Å². The summed E-state index contributed by atoms with van der Waals surface area (Å²) in [6.45, 7) is 0. The lowest BCUT2D eigenvalue weighted by Gasteiger charge is -2.20. The molecule has 4 nitrogen and oxygen atoms in total. The highest BCUT2D eigenvalue weighted by Gasteiger charge is 2.21. The van der Waals surface area contributed by atoms with E-state index >= 15 is 0 Å². The van der Waals surface area contributed by atoms with E-state index in [0.29, 0.717) is 12.8 Å². The van der Waals surface area contributed by atoms with E-state index in [1.165, 1.54) is 0 Å². The van der Waals surface area contributed by atoms with E-state index in [0.717, 1.165) is 0 Å². The quantitative estimate of drug-likeness (QED) is 0.377. The molecule has 0 aliphatic rings. The lowest BCUT2D eigenvalue weighted by molar-refractivity contribution is -0.138. The Morgan fingerprint density at radius 3 is 2.55 bits per heavy atom. The Morgan fingerprint density at radius 2 is 2.18 bits per heavy atom. The monoisotopic (exact) mass is 156 g/mol. The van der Waals surface area contributed by atoms with Crippen LogP contribution in [0.2, 0.25) is 0 Å². The Morgan fingerprint density at radius 1 is 1.64 bits per heavy atom. The van der Waals surface area contributed by atoms with E-state index in [9.17, 15) is 4.79 Å². The van der Waals surface area contributed by atoms with Crippen molar-refractivity contribution in [3.8, 4) is 12.3 Å².